The van der Waals surface area contributed by atoms with Crippen molar-refractivity contribution in [2.75, 3.05) is 0 Å². The van der Waals surface area contributed by atoms with Gasteiger partial charge in [-0.05, 0) is 0 Å². The maximum atomic E-state index is 14.4. The van der Waals surface area contributed by atoms with Gasteiger partial charge in [0.15, 0.2) is 0 Å². The molecule has 0 N–H and O–H groups in total. The van der Waals surface area contributed by atoms with Gasteiger partial charge in [0.1, 0.15) is 0 Å². The van der Waals surface area contributed by atoms with Gasteiger partial charge in [0, 0.05) is 0 Å². The predicted molar refractivity (Wildman–Crippen MR) is 152 cm³/mol. The number of hydrogen-bond acceptors (Lipinski definition) is 2. The minimum absolute atomic E-state index is 0.128. The first kappa shape index (κ1) is 24.7. The molecule has 1 atom stereocenters. The topological polar surface area (TPSA) is 17.1 Å². The van der Waals surface area contributed by atoms with E-state index in [1.165, 1.54) is 11.8 Å². The second-order valence-corrected chi connectivity index (χ2v) is 16.2. The predicted octanol–water partition coefficient (Wildman–Crippen LogP) is 7.30. The molecule has 4 aromatic rings. The van der Waals surface area contributed by atoms with E-state index >= 15 is 0 Å². The summed E-state index contributed by atoms with van der Waals surface area (Å²) in [5.41, 5.74) is 1.13. The fourth-order valence-electron chi connectivity index (χ4n) is 4.92. The molecule has 0 radical (unpaired) electrons. The first-order valence-corrected chi connectivity index (χ1v) is 15.7. The Morgan fingerprint density at radius 2 is 1.06 bits per heavy atom. The van der Waals surface area contributed by atoms with Gasteiger partial charge in [0.2, 0.25) is 0 Å². The molecule has 0 saturated heterocycles. The Hall–Kier alpha value is -2.38. The molecular formula is C30H30ClOPS. The van der Waals surface area contributed by atoms with Gasteiger partial charge in [0.25, 0.3) is 0 Å². The van der Waals surface area contributed by atoms with Crippen LogP contribution in [0.25, 0.3) is 0 Å². The van der Waals surface area contributed by atoms with Crippen molar-refractivity contribution in [3.05, 3.63) is 127 Å². The van der Waals surface area contributed by atoms with Crippen molar-refractivity contribution in [3.63, 3.8) is 0 Å². The van der Waals surface area contributed by atoms with Crippen LogP contribution in [0.4, 0.5) is 0 Å². The van der Waals surface area contributed by atoms with E-state index in [1.807, 2.05) is 72.8 Å². The van der Waals surface area contributed by atoms with Crippen LogP contribution in [0, 0.1) is 0 Å². The van der Waals surface area contributed by atoms with Crippen molar-refractivity contribution in [2.45, 2.75) is 31.2 Å². The van der Waals surface area contributed by atoms with E-state index < -0.39 is 11.1 Å². The van der Waals surface area contributed by atoms with Crippen LogP contribution in [0.3, 0.4) is 0 Å². The zero-order valence-electron chi connectivity index (χ0n) is 19.6. The molecule has 0 saturated carbocycles. The van der Waals surface area contributed by atoms with Crippen LogP contribution in [0.15, 0.2) is 121 Å². The summed E-state index contributed by atoms with van der Waals surface area (Å²) in [6, 6.07) is 41.0. The molecule has 0 aliphatic carbocycles. The van der Waals surface area contributed by atoms with E-state index in [1.54, 1.807) is 0 Å². The average molecular weight is 505 g/mol. The summed E-state index contributed by atoms with van der Waals surface area (Å²) in [6.07, 6.45) is 0.619. The van der Waals surface area contributed by atoms with Crippen LogP contribution >= 0.6 is 29.0 Å². The number of rotatable bonds is 8. The van der Waals surface area contributed by atoms with E-state index in [-0.39, 0.29) is 5.12 Å². The molecule has 0 spiro atoms. The van der Waals surface area contributed by atoms with Crippen LogP contribution in [0.5, 0.6) is 0 Å². The molecule has 0 heterocycles. The van der Waals surface area contributed by atoms with Crippen LogP contribution in [0.1, 0.15) is 25.8 Å². The van der Waals surface area contributed by atoms with E-state index in [2.05, 4.69) is 62.4 Å². The fraction of sp³-hybridized carbons (Fsp3) is 0.167. The first-order chi connectivity index (χ1) is 16.5. The van der Waals surface area contributed by atoms with E-state index in [0.717, 1.165) is 21.5 Å². The minimum atomic E-state index is -3.81. The Morgan fingerprint density at radius 1 is 0.706 bits per heavy atom. The van der Waals surface area contributed by atoms with Gasteiger partial charge in [0.05, 0.1) is 0 Å². The molecule has 174 valence electrons. The molecular weight excluding hydrogens is 475 g/mol. The van der Waals surface area contributed by atoms with Gasteiger partial charge in [-0.1, -0.05) is 0 Å². The summed E-state index contributed by atoms with van der Waals surface area (Å²) in [4.78, 5) is 14.4. The monoisotopic (exact) mass is 504 g/mol. The second-order valence-electron chi connectivity index (χ2n) is 8.70. The molecule has 34 heavy (non-hydrogen) atoms. The van der Waals surface area contributed by atoms with Crippen molar-refractivity contribution in [2.24, 2.45) is 0 Å². The number of carbonyl (C=O) groups excluding carboxylic acids is 1. The standard InChI is InChI=1S/C30H30ClOPS/c1-3-30(2,29(32)34-24-25-16-8-4-9-17-25)33(31,26-18-10-5-11-19-26,27-20-12-6-13-21-27)28-22-14-7-15-23-28/h4-23H,3,24H2,1-2H3. The Balaban J connectivity index is 2.01. The number of thioether (sulfide) groups is 1. The molecule has 0 aliphatic heterocycles. The first-order valence-electron chi connectivity index (χ1n) is 11.6. The fourth-order valence-corrected chi connectivity index (χ4v) is 14.1. The van der Waals surface area contributed by atoms with Gasteiger partial charge >= 0.3 is 213 Å². The third-order valence-electron chi connectivity index (χ3n) is 6.99. The molecule has 4 aromatic carbocycles. The Morgan fingerprint density at radius 3 is 1.41 bits per heavy atom. The molecule has 0 aromatic heterocycles. The summed E-state index contributed by atoms with van der Waals surface area (Å²) < 4.78 is 0. The van der Waals surface area contributed by atoms with Gasteiger partial charge in [-0.3, -0.25) is 0 Å². The summed E-state index contributed by atoms with van der Waals surface area (Å²) in [5, 5.41) is 2.35. The molecule has 4 heteroatoms. The Labute approximate surface area is 212 Å². The van der Waals surface area contributed by atoms with Crippen molar-refractivity contribution >= 4 is 50.0 Å². The number of benzene rings is 4. The van der Waals surface area contributed by atoms with Gasteiger partial charge < -0.3 is 0 Å². The van der Waals surface area contributed by atoms with Gasteiger partial charge in [-0.2, -0.15) is 0 Å². The van der Waals surface area contributed by atoms with E-state index in [9.17, 15) is 4.79 Å². The van der Waals surface area contributed by atoms with Crippen LogP contribution in [0.2, 0.25) is 0 Å². The Kier molecular flexibility index (Phi) is 7.33. The third kappa shape index (κ3) is 3.83. The van der Waals surface area contributed by atoms with Crippen molar-refractivity contribution < 1.29 is 4.79 Å². The van der Waals surface area contributed by atoms with Crippen LogP contribution in [-0.4, -0.2) is 10.3 Å². The Bertz CT molecular complexity index is 1130. The van der Waals surface area contributed by atoms with Crippen molar-refractivity contribution in [1.29, 1.82) is 0 Å². The molecule has 0 amide bonds. The maximum absolute atomic E-state index is 14.4. The summed E-state index contributed by atoms with van der Waals surface area (Å²) >= 11 is 9.73. The third-order valence-corrected chi connectivity index (χ3v) is 17.4. The number of carbonyl (C=O) groups is 1. The summed E-state index contributed by atoms with van der Waals surface area (Å²) in [6.45, 7) is 4.19. The van der Waals surface area contributed by atoms with E-state index in [4.69, 9.17) is 11.2 Å². The molecule has 4 rings (SSSR count). The molecule has 0 bridgehead atoms. The van der Waals surface area contributed by atoms with Gasteiger partial charge in [-0.15, -0.1) is 0 Å². The average Bonchev–Trinajstić information content (AvgIpc) is 2.92. The quantitative estimate of drug-likeness (QED) is 0.234. The SMILES string of the molecule is CCC(C)(C(=O)SCc1ccccc1)P(Cl)(c1ccccc1)(c1ccccc1)c1ccccc1. The zero-order valence-corrected chi connectivity index (χ0v) is 22.1. The zero-order chi connectivity index (χ0) is 24.1. The second kappa shape index (κ2) is 10.1. The number of halogens is 1. The molecule has 1 nitrogen and oxygen atoms in total. The number of hydrogen-bond donors (Lipinski definition) is 0. The molecule has 0 aliphatic rings. The molecule has 1 unspecified atom stereocenters. The van der Waals surface area contributed by atoms with Crippen molar-refractivity contribution in [1.82, 2.24) is 0 Å². The summed E-state index contributed by atoms with van der Waals surface area (Å²) in [7, 11) is 0. The van der Waals surface area contributed by atoms with Crippen LogP contribution < -0.4 is 15.9 Å². The molecule has 0 fully saturated rings. The van der Waals surface area contributed by atoms with Crippen LogP contribution in [-0.2, 0) is 10.5 Å². The van der Waals surface area contributed by atoms with E-state index in [0.29, 0.717) is 12.2 Å². The summed E-state index contributed by atoms with van der Waals surface area (Å²) in [5.74, 6) is -3.19. The van der Waals surface area contributed by atoms with Crippen molar-refractivity contribution in [3.8, 4) is 0 Å². The normalized spacial score (nSPS) is 14.5. The van der Waals surface area contributed by atoms with Gasteiger partial charge in [-0.25, -0.2) is 0 Å².